The minimum atomic E-state index is -0.298. The minimum absolute atomic E-state index is 0.0730. The highest BCUT2D eigenvalue weighted by Gasteiger charge is 2.15. The van der Waals surface area contributed by atoms with Gasteiger partial charge in [-0.15, -0.1) is 11.8 Å². The van der Waals surface area contributed by atoms with Crippen molar-refractivity contribution in [2.75, 3.05) is 24.9 Å². The van der Waals surface area contributed by atoms with Gasteiger partial charge < -0.3 is 20.1 Å². The molecule has 7 heteroatoms. The summed E-state index contributed by atoms with van der Waals surface area (Å²) in [6.07, 6.45) is 0. The lowest BCUT2D eigenvalue weighted by atomic mass is 10.1. The predicted molar refractivity (Wildman–Crippen MR) is 142 cm³/mol. The normalized spacial score (nSPS) is 11.5. The zero-order chi connectivity index (χ0) is 24.8. The first-order valence-electron chi connectivity index (χ1n) is 11.1. The van der Waals surface area contributed by atoms with E-state index in [2.05, 4.69) is 10.6 Å². The number of carbonyl (C=O) groups is 2. The molecule has 0 fully saturated rings. The number of thioether (sulfide) groups is 1. The van der Waals surface area contributed by atoms with Crippen molar-refractivity contribution >= 4 is 45.7 Å². The lowest BCUT2D eigenvalue weighted by Gasteiger charge is -2.13. The van der Waals surface area contributed by atoms with Crippen molar-refractivity contribution in [3.05, 3.63) is 90.5 Å². The summed E-state index contributed by atoms with van der Waals surface area (Å²) < 4.78 is 10.5. The number of methoxy groups -OCH3 is 2. The second kappa shape index (κ2) is 11.0. The maximum atomic E-state index is 12.7. The summed E-state index contributed by atoms with van der Waals surface area (Å²) in [5.74, 6) is 0.720. The van der Waals surface area contributed by atoms with Crippen LogP contribution >= 0.6 is 11.8 Å². The van der Waals surface area contributed by atoms with Gasteiger partial charge in [0.2, 0.25) is 5.91 Å². The second-order valence-corrected chi connectivity index (χ2v) is 9.27. The number of anilines is 2. The first-order valence-corrected chi connectivity index (χ1v) is 11.9. The van der Waals surface area contributed by atoms with E-state index in [4.69, 9.17) is 9.47 Å². The average Bonchev–Trinajstić information content (AvgIpc) is 2.89. The van der Waals surface area contributed by atoms with Gasteiger partial charge in [0.25, 0.3) is 5.91 Å². The monoisotopic (exact) mass is 486 g/mol. The van der Waals surface area contributed by atoms with Crippen LogP contribution in [-0.2, 0) is 4.79 Å². The van der Waals surface area contributed by atoms with E-state index in [1.165, 1.54) is 18.9 Å². The highest BCUT2D eigenvalue weighted by molar-refractivity contribution is 8.00. The molecule has 0 heterocycles. The molecule has 2 amide bonds. The summed E-state index contributed by atoms with van der Waals surface area (Å²) in [7, 11) is 3.07. The minimum Gasteiger partial charge on any atom is -0.493 e. The first kappa shape index (κ1) is 24.2. The molecule has 4 aromatic carbocycles. The Hall–Kier alpha value is -3.97. The van der Waals surface area contributed by atoms with E-state index in [1.807, 2.05) is 73.7 Å². The van der Waals surface area contributed by atoms with Gasteiger partial charge in [-0.05, 0) is 72.3 Å². The highest BCUT2D eigenvalue weighted by Crippen LogP contribution is 2.29. The third-order valence-corrected chi connectivity index (χ3v) is 6.57. The van der Waals surface area contributed by atoms with Crippen molar-refractivity contribution in [3.8, 4) is 11.5 Å². The summed E-state index contributed by atoms with van der Waals surface area (Å²) >= 11 is 1.45. The zero-order valence-corrected chi connectivity index (χ0v) is 20.5. The molecule has 0 aliphatic carbocycles. The molecule has 0 saturated heterocycles. The average molecular weight is 487 g/mol. The van der Waals surface area contributed by atoms with Gasteiger partial charge in [0.15, 0.2) is 11.5 Å². The molecule has 0 radical (unpaired) electrons. The SMILES string of the molecule is COc1ccc(C(=O)Nc2ccc(SC(C)C(=O)Nc3ccc4ccccc4c3)cc2)cc1OC. The fraction of sp³-hybridized carbons (Fsp3) is 0.143. The number of benzene rings is 4. The molecule has 2 N–H and O–H groups in total. The van der Waals surface area contributed by atoms with Crippen LogP contribution in [0.3, 0.4) is 0 Å². The van der Waals surface area contributed by atoms with Crippen molar-refractivity contribution in [2.45, 2.75) is 17.1 Å². The molecule has 0 aliphatic heterocycles. The number of nitrogens with one attached hydrogen (secondary N) is 2. The number of carbonyl (C=O) groups excluding carboxylic acids is 2. The number of hydrogen-bond donors (Lipinski definition) is 2. The Kier molecular flexibility index (Phi) is 7.57. The molecule has 0 bridgehead atoms. The van der Waals surface area contributed by atoms with Gasteiger partial charge in [0.1, 0.15) is 0 Å². The standard InChI is InChI=1S/C28H26N2O4S/c1-18(27(31)30-23-10-8-19-6-4-5-7-20(19)16-23)35-24-13-11-22(12-14-24)29-28(32)21-9-15-25(33-2)26(17-21)34-3/h4-18H,1-3H3,(H,29,32)(H,30,31). The molecule has 0 aliphatic rings. The second-order valence-electron chi connectivity index (χ2n) is 7.86. The van der Waals surface area contributed by atoms with E-state index in [-0.39, 0.29) is 17.1 Å². The Morgan fingerprint density at radius 1 is 0.743 bits per heavy atom. The van der Waals surface area contributed by atoms with E-state index in [1.54, 1.807) is 25.3 Å². The number of ether oxygens (including phenoxy) is 2. The summed E-state index contributed by atoms with van der Waals surface area (Å²) in [6.45, 7) is 1.87. The Balaban J connectivity index is 1.35. The van der Waals surface area contributed by atoms with Crippen LogP contribution in [0.5, 0.6) is 11.5 Å². The maximum Gasteiger partial charge on any atom is 0.255 e. The van der Waals surface area contributed by atoms with E-state index in [9.17, 15) is 9.59 Å². The highest BCUT2D eigenvalue weighted by atomic mass is 32.2. The van der Waals surface area contributed by atoms with Crippen molar-refractivity contribution in [1.82, 2.24) is 0 Å². The van der Waals surface area contributed by atoms with Crippen LogP contribution in [0.15, 0.2) is 89.8 Å². The van der Waals surface area contributed by atoms with E-state index in [0.29, 0.717) is 22.7 Å². The molecular weight excluding hydrogens is 460 g/mol. The molecule has 1 unspecified atom stereocenters. The largest absolute Gasteiger partial charge is 0.493 e. The van der Waals surface area contributed by atoms with Gasteiger partial charge >= 0.3 is 0 Å². The van der Waals surface area contributed by atoms with Crippen molar-refractivity contribution in [2.24, 2.45) is 0 Å². The summed E-state index contributed by atoms with van der Waals surface area (Å²) in [5.41, 5.74) is 1.89. The van der Waals surface area contributed by atoms with Gasteiger partial charge in [-0.3, -0.25) is 9.59 Å². The van der Waals surface area contributed by atoms with Gasteiger partial charge in [-0.2, -0.15) is 0 Å². The van der Waals surface area contributed by atoms with E-state index < -0.39 is 0 Å². The molecule has 4 aromatic rings. The number of rotatable bonds is 8. The van der Waals surface area contributed by atoms with Crippen LogP contribution in [0, 0.1) is 0 Å². The Morgan fingerprint density at radius 3 is 2.14 bits per heavy atom. The first-order chi connectivity index (χ1) is 17.0. The maximum absolute atomic E-state index is 12.7. The van der Waals surface area contributed by atoms with Crippen LogP contribution in [0.1, 0.15) is 17.3 Å². The number of fused-ring (bicyclic) bond motifs is 1. The van der Waals surface area contributed by atoms with Crippen molar-refractivity contribution in [1.29, 1.82) is 0 Å². The molecular formula is C28H26N2O4S. The Bertz CT molecular complexity index is 1350. The zero-order valence-electron chi connectivity index (χ0n) is 19.7. The van der Waals surface area contributed by atoms with Crippen LogP contribution < -0.4 is 20.1 Å². The Morgan fingerprint density at radius 2 is 1.43 bits per heavy atom. The quantitative estimate of drug-likeness (QED) is 0.289. The smallest absolute Gasteiger partial charge is 0.255 e. The lowest BCUT2D eigenvalue weighted by Crippen LogP contribution is -2.22. The molecule has 6 nitrogen and oxygen atoms in total. The molecule has 178 valence electrons. The third kappa shape index (κ3) is 5.94. The summed E-state index contributed by atoms with van der Waals surface area (Å²) in [5, 5.41) is 7.78. The Labute approximate surface area is 208 Å². The molecule has 0 spiro atoms. The van der Waals surface area contributed by atoms with E-state index in [0.717, 1.165) is 21.4 Å². The fourth-order valence-electron chi connectivity index (χ4n) is 3.57. The van der Waals surface area contributed by atoms with Crippen molar-refractivity contribution < 1.29 is 19.1 Å². The number of amides is 2. The van der Waals surface area contributed by atoms with Crippen molar-refractivity contribution in [3.63, 3.8) is 0 Å². The van der Waals surface area contributed by atoms with E-state index >= 15 is 0 Å². The topological polar surface area (TPSA) is 76.7 Å². The third-order valence-electron chi connectivity index (χ3n) is 5.46. The fourth-order valence-corrected chi connectivity index (χ4v) is 4.43. The summed E-state index contributed by atoms with van der Waals surface area (Å²) in [4.78, 5) is 26.3. The molecule has 1 atom stereocenters. The van der Waals surface area contributed by atoms with Gasteiger partial charge in [-0.1, -0.05) is 30.3 Å². The molecule has 35 heavy (non-hydrogen) atoms. The summed E-state index contributed by atoms with van der Waals surface area (Å²) in [6, 6.07) is 26.3. The molecule has 4 rings (SSSR count). The van der Waals surface area contributed by atoms with Gasteiger partial charge in [0, 0.05) is 21.8 Å². The molecule has 0 saturated carbocycles. The number of hydrogen-bond acceptors (Lipinski definition) is 5. The van der Waals surface area contributed by atoms with Crippen LogP contribution in [0.2, 0.25) is 0 Å². The van der Waals surface area contributed by atoms with Crippen LogP contribution in [0.25, 0.3) is 10.8 Å². The lowest BCUT2D eigenvalue weighted by molar-refractivity contribution is -0.115. The predicted octanol–water partition coefficient (Wildman–Crippen LogP) is 6.23. The van der Waals surface area contributed by atoms with Crippen LogP contribution in [0.4, 0.5) is 11.4 Å². The molecule has 0 aromatic heterocycles. The van der Waals surface area contributed by atoms with Gasteiger partial charge in [0.05, 0.1) is 19.5 Å². The van der Waals surface area contributed by atoms with Gasteiger partial charge in [-0.25, -0.2) is 0 Å². The van der Waals surface area contributed by atoms with Crippen LogP contribution in [-0.4, -0.2) is 31.3 Å².